The van der Waals surface area contributed by atoms with Crippen molar-refractivity contribution in [3.63, 3.8) is 0 Å². The molecule has 0 aliphatic carbocycles. The van der Waals surface area contributed by atoms with Crippen molar-refractivity contribution in [1.82, 2.24) is 21.5 Å². The molecule has 0 fully saturated rings. The van der Waals surface area contributed by atoms with Crippen molar-refractivity contribution in [2.45, 2.75) is 18.7 Å². The topological polar surface area (TPSA) is 159 Å². The van der Waals surface area contributed by atoms with Crippen molar-refractivity contribution in [1.29, 1.82) is 0 Å². The largest absolute Gasteiger partial charge is 0.506 e. The minimum atomic E-state index is -4.53. The molecule has 0 saturated carbocycles. The number of phenolic OH excluding ortho intramolecular Hbond substituents is 1. The molecule has 180 valence electrons. The SMILES string of the molecule is CNC.CNC(=S)N/N=C(C)/C(C)=N\NC(=S)Nc1c(O)cc(S(=O)(=O)O)c2ccccc12. The minimum absolute atomic E-state index is 0.0425. The predicted octanol–water partition coefficient (Wildman–Crippen LogP) is 1.76. The van der Waals surface area contributed by atoms with Gasteiger partial charge in [0.25, 0.3) is 10.1 Å². The monoisotopic (exact) mass is 513 g/mol. The van der Waals surface area contributed by atoms with E-state index in [9.17, 15) is 18.1 Å². The Morgan fingerprint density at radius 1 is 0.939 bits per heavy atom. The highest BCUT2D eigenvalue weighted by Gasteiger charge is 2.19. The molecule has 2 aromatic rings. The summed E-state index contributed by atoms with van der Waals surface area (Å²) in [6.45, 7) is 3.42. The van der Waals surface area contributed by atoms with Gasteiger partial charge in [0.05, 0.1) is 17.1 Å². The van der Waals surface area contributed by atoms with E-state index in [4.69, 9.17) is 24.4 Å². The number of hydrogen-bond donors (Lipinski definition) is 7. The molecule has 0 amide bonds. The van der Waals surface area contributed by atoms with Gasteiger partial charge in [-0.15, -0.1) is 0 Å². The molecule has 0 saturated heterocycles. The lowest BCUT2D eigenvalue weighted by Gasteiger charge is -2.14. The van der Waals surface area contributed by atoms with E-state index in [1.54, 1.807) is 39.1 Å². The smallest absolute Gasteiger partial charge is 0.295 e. The molecule has 0 unspecified atom stereocenters. The summed E-state index contributed by atoms with van der Waals surface area (Å²) in [5, 5.41) is 27.7. The summed E-state index contributed by atoms with van der Waals surface area (Å²) >= 11 is 10.1. The minimum Gasteiger partial charge on any atom is -0.506 e. The molecule has 0 aliphatic rings. The molecule has 11 nitrogen and oxygen atoms in total. The summed E-state index contributed by atoms with van der Waals surface area (Å²) in [6, 6.07) is 7.30. The predicted molar refractivity (Wildman–Crippen MR) is 141 cm³/mol. The van der Waals surface area contributed by atoms with E-state index in [1.807, 2.05) is 14.1 Å². The van der Waals surface area contributed by atoms with Crippen LogP contribution in [-0.2, 0) is 10.1 Å². The molecule has 2 rings (SSSR count). The first-order chi connectivity index (χ1) is 15.5. The number of rotatable bonds is 5. The number of phenols is 1. The third-order valence-electron chi connectivity index (χ3n) is 3.90. The summed E-state index contributed by atoms with van der Waals surface area (Å²) in [5.41, 5.74) is 6.48. The molecular weight excluding hydrogens is 486 g/mol. The van der Waals surface area contributed by atoms with Crippen molar-refractivity contribution in [2.24, 2.45) is 10.2 Å². The Morgan fingerprint density at radius 2 is 1.42 bits per heavy atom. The first-order valence-corrected chi connectivity index (χ1v) is 11.7. The van der Waals surface area contributed by atoms with Gasteiger partial charge in [0.2, 0.25) is 0 Å². The molecule has 0 radical (unpaired) electrons. The Bertz CT molecular complexity index is 1180. The normalized spacial score (nSPS) is 11.8. The van der Waals surface area contributed by atoms with E-state index < -0.39 is 20.8 Å². The van der Waals surface area contributed by atoms with E-state index in [1.165, 1.54) is 6.07 Å². The van der Waals surface area contributed by atoms with Crippen LogP contribution < -0.4 is 26.8 Å². The van der Waals surface area contributed by atoms with E-state index >= 15 is 0 Å². The maximum Gasteiger partial charge on any atom is 0.295 e. The third kappa shape index (κ3) is 8.51. The second kappa shape index (κ2) is 13.0. The number of benzene rings is 2. The highest BCUT2D eigenvalue weighted by atomic mass is 32.2. The molecule has 0 atom stereocenters. The van der Waals surface area contributed by atoms with Crippen LogP contribution in [0.25, 0.3) is 10.8 Å². The summed E-state index contributed by atoms with van der Waals surface area (Å²) in [6.07, 6.45) is 0. The number of nitrogens with zero attached hydrogens (tertiary/aromatic N) is 2. The van der Waals surface area contributed by atoms with Crippen LogP contribution >= 0.6 is 24.4 Å². The van der Waals surface area contributed by atoms with Gasteiger partial charge >= 0.3 is 0 Å². The molecule has 0 heterocycles. The molecule has 33 heavy (non-hydrogen) atoms. The molecule has 2 aromatic carbocycles. The Morgan fingerprint density at radius 3 is 1.91 bits per heavy atom. The zero-order chi connectivity index (χ0) is 25.2. The van der Waals surface area contributed by atoms with Crippen LogP contribution in [0.3, 0.4) is 0 Å². The van der Waals surface area contributed by atoms with Crippen LogP contribution in [0.2, 0.25) is 0 Å². The summed E-state index contributed by atoms with van der Waals surface area (Å²) in [7, 11) is 0.879. The first kappa shape index (κ1) is 28.1. The Labute approximate surface area is 203 Å². The molecule has 0 spiro atoms. The fourth-order valence-electron chi connectivity index (χ4n) is 2.30. The van der Waals surface area contributed by atoms with Gasteiger partial charge in [-0.25, -0.2) is 0 Å². The lowest BCUT2D eigenvalue weighted by molar-refractivity contribution is 0.469. The van der Waals surface area contributed by atoms with Crippen LogP contribution in [0, 0.1) is 0 Å². The number of anilines is 1. The zero-order valence-corrected chi connectivity index (χ0v) is 21.2. The summed E-state index contributed by atoms with van der Waals surface area (Å²) in [4.78, 5) is -0.410. The van der Waals surface area contributed by atoms with Crippen molar-refractivity contribution < 1.29 is 18.1 Å². The first-order valence-electron chi connectivity index (χ1n) is 9.40. The maximum atomic E-state index is 11.6. The highest BCUT2D eigenvalue weighted by Crippen LogP contribution is 2.37. The average Bonchev–Trinajstić information content (AvgIpc) is 2.76. The summed E-state index contributed by atoms with van der Waals surface area (Å²) < 4.78 is 32.7. The van der Waals surface area contributed by atoms with Crippen LogP contribution in [-0.4, -0.2) is 60.9 Å². The highest BCUT2D eigenvalue weighted by molar-refractivity contribution is 7.86. The zero-order valence-electron chi connectivity index (χ0n) is 18.7. The number of nitrogens with one attached hydrogen (secondary N) is 5. The van der Waals surface area contributed by atoms with Crippen LogP contribution in [0.1, 0.15) is 13.8 Å². The van der Waals surface area contributed by atoms with Gasteiger partial charge in [-0.05, 0) is 52.4 Å². The molecule has 7 N–H and O–H groups in total. The van der Waals surface area contributed by atoms with Crippen molar-refractivity contribution >= 4 is 72.7 Å². The molecule has 0 bridgehead atoms. The van der Waals surface area contributed by atoms with Gasteiger partial charge in [0, 0.05) is 23.9 Å². The fraction of sp³-hybridized carbons (Fsp3) is 0.263. The number of hydrogen-bond acceptors (Lipinski definition) is 8. The molecule has 14 heteroatoms. The molecule has 0 aromatic heterocycles. The second-order valence-electron chi connectivity index (χ2n) is 6.44. The van der Waals surface area contributed by atoms with Crippen molar-refractivity contribution in [3.05, 3.63) is 30.3 Å². The maximum absolute atomic E-state index is 11.6. The number of fused-ring (bicyclic) bond motifs is 1. The second-order valence-corrected chi connectivity index (χ2v) is 8.65. The number of thiocarbonyl (C=S) groups is 2. The standard InChI is InChI=1S/C17H20N6O4S3.C2H7N/c1-9(20-22-16(28)18-3)10(2)21-23-17(29)19-15-12-7-5-4-6-11(12)14(8-13(15)24)30(25,26)27;1-3-2/h4-8,24H,1-3H3,(H2,18,22,28)(H2,19,23,29)(H,25,26,27);3H,1-2H3/b20-9+,21-10-;. The van der Waals surface area contributed by atoms with Crippen LogP contribution in [0.5, 0.6) is 5.75 Å². The van der Waals surface area contributed by atoms with Gasteiger partial charge in [0.15, 0.2) is 10.2 Å². The van der Waals surface area contributed by atoms with E-state index in [0.29, 0.717) is 21.9 Å². The van der Waals surface area contributed by atoms with Gasteiger partial charge in [-0.3, -0.25) is 15.4 Å². The van der Waals surface area contributed by atoms with E-state index in [-0.39, 0.29) is 16.2 Å². The van der Waals surface area contributed by atoms with Gasteiger partial charge in [-0.1, -0.05) is 24.3 Å². The van der Waals surface area contributed by atoms with Gasteiger partial charge < -0.3 is 21.1 Å². The van der Waals surface area contributed by atoms with E-state index in [2.05, 4.69) is 37.0 Å². The fourth-order valence-corrected chi connectivity index (χ4v) is 3.21. The summed E-state index contributed by atoms with van der Waals surface area (Å²) in [5.74, 6) is -0.409. The van der Waals surface area contributed by atoms with Crippen LogP contribution in [0.4, 0.5) is 5.69 Å². The third-order valence-corrected chi connectivity index (χ3v) is 5.29. The molecule has 0 aliphatic heterocycles. The lowest BCUT2D eigenvalue weighted by Crippen LogP contribution is -2.30. The Balaban J connectivity index is 0.00000172. The van der Waals surface area contributed by atoms with Gasteiger partial charge in [0.1, 0.15) is 10.6 Å². The Kier molecular flexibility index (Phi) is 11.0. The van der Waals surface area contributed by atoms with Crippen molar-refractivity contribution in [2.75, 3.05) is 26.5 Å². The van der Waals surface area contributed by atoms with Crippen molar-refractivity contribution in [3.8, 4) is 5.75 Å². The lowest BCUT2D eigenvalue weighted by atomic mass is 10.1. The number of hydrazone groups is 2. The molecular formula is C19H27N7O4S3. The van der Waals surface area contributed by atoms with Gasteiger partial charge in [-0.2, -0.15) is 18.6 Å². The van der Waals surface area contributed by atoms with E-state index in [0.717, 1.165) is 6.07 Å². The number of aromatic hydroxyl groups is 1. The van der Waals surface area contributed by atoms with Crippen LogP contribution in [0.15, 0.2) is 45.4 Å². The Hall–Kier alpha value is -2.91. The average molecular weight is 514 g/mol. The quantitative estimate of drug-likeness (QED) is 0.103.